The number of halogens is 1. The van der Waals surface area contributed by atoms with Crippen molar-refractivity contribution in [3.05, 3.63) is 51.8 Å². The Morgan fingerprint density at radius 2 is 2.04 bits per heavy atom. The molecule has 1 aliphatic carbocycles. The quantitative estimate of drug-likeness (QED) is 0.484. The molecule has 1 saturated carbocycles. The van der Waals surface area contributed by atoms with Gasteiger partial charge in [0.1, 0.15) is 11.4 Å². The molecule has 0 atom stereocenters. The second kappa shape index (κ2) is 6.51. The van der Waals surface area contributed by atoms with Crippen LogP contribution in [0.25, 0.3) is 0 Å². The highest BCUT2D eigenvalue weighted by molar-refractivity contribution is 9.10. The van der Waals surface area contributed by atoms with Crippen LogP contribution in [-0.2, 0) is 12.0 Å². The van der Waals surface area contributed by atoms with Gasteiger partial charge in [0.2, 0.25) is 0 Å². The van der Waals surface area contributed by atoms with Gasteiger partial charge in [-0.2, -0.15) is 5.10 Å². The largest absolute Gasteiger partial charge is 0.578 e. The topological polar surface area (TPSA) is 76.9 Å². The maximum Gasteiger partial charge on any atom is 0.369 e. The molecule has 5 nitrogen and oxygen atoms in total. The van der Waals surface area contributed by atoms with E-state index in [1.165, 1.54) is 0 Å². The molecule has 0 aliphatic heterocycles. The van der Waals surface area contributed by atoms with Gasteiger partial charge in [-0.05, 0) is 44.4 Å². The molecule has 0 spiro atoms. The van der Waals surface area contributed by atoms with Crippen LogP contribution in [0.4, 0.5) is 0 Å². The number of amidine groups is 1. The van der Waals surface area contributed by atoms with Gasteiger partial charge < -0.3 is 5.11 Å². The fraction of sp³-hybridized carbons (Fsp3) is 0.389. The maximum absolute atomic E-state index is 8.54. The summed E-state index contributed by atoms with van der Waals surface area (Å²) in [6, 6.07) is 8.11. The number of rotatable bonds is 4. The lowest BCUT2D eigenvalue weighted by atomic mass is 9.63. The summed E-state index contributed by atoms with van der Waals surface area (Å²) in [6.07, 6.45) is 4.59. The highest BCUT2D eigenvalue weighted by Crippen LogP contribution is 2.45. The van der Waals surface area contributed by atoms with Crippen LogP contribution in [0.2, 0.25) is 0 Å². The predicted molar refractivity (Wildman–Crippen MR) is 100 cm³/mol. The van der Waals surface area contributed by atoms with Crippen molar-refractivity contribution in [3.63, 3.8) is 0 Å². The first-order valence-corrected chi connectivity index (χ1v) is 8.95. The van der Waals surface area contributed by atoms with Crippen LogP contribution in [0.1, 0.15) is 43.0 Å². The molecule has 0 unspecified atom stereocenters. The molecule has 0 bridgehead atoms. The van der Waals surface area contributed by atoms with Gasteiger partial charge in [0.15, 0.2) is 0 Å². The SMILES string of the molecule is CCn1ncc(C([OH2+])=NC(=N)C2(c3ccc(Br)cc3)CCC2)c1C. The number of benzene rings is 1. The highest BCUT2D eigenvalue weighted by Gasteiger charge is 2.43. The molecule has 24 heavy (non-hydrogen) atoms. The second-order valence-corrected chi connectivity index (χ2v) is 7.13. The molecule has 0 saturated heterocycles. The van der Waals surface area contributed by atoms with Gasteiger partial charge >= 0.3 is 5.90 Å². The zero-order valence-electron chi connectivity index (χ0n) is 13.9. The number of aryl methyl sites for hydroxylation is 1. The predicted octanol–water partition coefficient (Wildman–Crippen LogP) is 3.54. The number of aromatic nitrogens is 2. The third kappa shape index (κ3) is 2.79. The first-order valence-electron chi connectivity index (χ1n) is 8.16. The lowest BCUT2D eigenvalue weighted by Gasteiger charge is -2.41. The molecule has 6 heteroatoms. The van der Waals surface area contributed by atoms with Gasteiger partial charge in [0.25, 0.3) is 0 Å². The van der Waals surface area contributed by atoms with Crippen LogP contribution in [0.3, 0.4) is 0 Å². The summed E-state index contributed by atoms with van der Waals surface area (Å²) in [4.78, 5) is 4.35. The van der Waals surface area contributed by atoms with Gasteiger partial charge in [0.05, 0.1) is 17.3 Å². The van der Waals surface area contributed by atoms with Crippen molar-refractivity contribution in [2.45, 2.75) is 45.1 Å². The molecule has 0 radical (unpaired) electrons. The van der Waals surface area contributed by atoms with E-state index in [4.69, 9.17) is 10.5 Å². The Kier molecular flexibility index (Phi) is 4.58. The molecule has 2 aromatic rings. The van der Waals surface area contributed by atoms with Crippen molar-refractivity contribution < 1.29 is 5.11 Å². The van der Waals surface area contributed by atoms with Crippen LogP contribution in [0, 0.1) is 12.3 Å². The Hall–Kier alpha value is -1.95. The van der Waals surface area contributed by atoms with E-state index in [2.05, 4.69) is 38.2 Å². The third-order valence-corrected chi connectivity index (χ3v) is 5.47. The Morgan fingerprint density at radius 3 is 2.54 bits per heavy atom. The molecular weight excluding hydrogens is 368 g/mol. The molecule has 0 amide bonds. The van der Waals surface area contributed by atoms with Crippen LogP contribution in [-0.4, -0.2) is 26.6 Å². The Bertz CT molecular complexity index is 788. The second-order valence-electron chi connectivity index (χ2n) is 6.21. The number of nitrogens with zero attached hydrogens (tertiary/aromatic N) is 3. The Morgan fingerprint density at radius 1 is 1.38 bits per heavy atom. The minimum atomic E-state index is -0.346. The summed E-state index contributed by atoms with van der Waals surface area (Å²) in [5.41, 5.74) is 2.39. The summed E-state index contributed by atoms with van der Waals surface area (Å²) in [5, 5.41) is 21.1. The molecular formula is C18H22BrN4O+. The number of hydrogen-bond acceptors (Lipinski definition) is 2. The summed E-state index contributed by atoms with van der Waals surface area (Å²) >= 11 is 3.46. The fourth-order valence-corrected chi connectivity index (χ4v) is 3.50. The number of hydrogen-bond donors (Lipinski definition) is 1. The lowest BCUT2D eigenvalue weighted by Crippen LogP contribution is -2.41. The van der Waals surface area contributed by atoms with Gasteiger partial charge in [0, 0.05) is 11.0 Å². The van der Waals surface area contributed by atoms with Crippen molar-refractivity contribution in [3.8, 4) is 0 Å². The third-order valence-electron chi connectivity index (χ3n) is 4.94. The monoisotopic (exact) mass is 389 g/mol. The molecule has 3 N–H and O–H groups in total. The van der Waals surface area contributed by atoms with E-state index < -0.39 is 0 Å². The molecule has 1 fully saturated rings. The lowest BCUT2D eigenvalue weighted by molar-refractivity contribution is 0.336. The van der Waals surface area contributed by atoms with Crippen molar-refractivity contribution in [2.75, 3.05) is 0 Å². The van der Waals surface area contributed by atoms with Crippen molar-refractivity contribution >= 4 is 27.7 Å². The van der Waals surface area contributed by atoms with Gasteiger partial charge in [-0.1, -0.05) is 34.5 Å². The summed E-state index contributed by atoms with van der Waals surface area (Å²) in [6.45, 7) is 4.72. The zero-order valence-corrected chi connectivity index (χ0v) is 15.5. The van der Waals surface area contributed by atoms with E-state index in [9.17, 15) is 0 Å². The van der Waals surface area contributed by atoms with Crippen molar-refractivity contribution in [2.24, 2.45) is 4.99 Å². The molecule has 3 rings (SSSR count). The molecule has 1 aromatic carbocycles. The minimum absolute atomic E-state index is 0.126. The number of aliphatic imine (C=N–C) groups is 1. The molecule has 1 heterocycles. The minimum Gasteiger partial charge on any atom is -0.578 e. The van der Waals surface area contributed by atoms with E-state index in [1.807, 2.05) is 30.7 Å². The van der Waals surface area contributed by atoms with E-state index in [1.54, 1.807) is 6.20 Å². The standard InChI is InChI=1S/C18H21BrN4O/c1-3-23-12(2)15(11-21-23)16(24)22-17(20)18(9-4-10-18)13-5-7-14(19)8-6-13/h5-8,11H,3-4,9-10H2,1-2H3,(H2,20,22,24)/p+1. The van der Waals surface area contributed by atoms with Crippen LogP contribution >= 0.6 is 15.9 Å². The summed E-state index contributed by atoms with van der Waals surface area (Å²) in [5.74, 6) is 0.408. The van der Waals surface area contributed by atoms with Crippen molar-refractivity contribution in [1.82, 2.24) is 9.78 Å². The molecule has 1 aliphatic rings. The Labute approximate surface area is 150 Å². The first-order chi connectivity index (χ1) is 11.5. The average Bonchev–Trinajstić information content (AvgIpc) is 2.89. The van der Waals surface area contributed by atoms with Gasteiger partial charge in [-0.3, -0.25) is 10.1 Å². The smallest absolute Gasteiger partial charge is 0.369 e. The number of nitrogens with one attached hydrogen (secondary N) is 1. The summed E-state index contributed by atoms with van der Waals surface area (Å²) in [7, 11) is 0. The Balaban J connectivity index is 1.91. The first kappa shape index (κ1) is 16.9. The van der Waals surface area contributed by atoms with E-state index in [0.717, 1.165) is 41.5 Å². The van der Waals surface area contributed by atoms with E-state index >= 15 is 0 Å². The average molecular weight is 390 g/mol. The fourth-order valence-electron chi connectivity index (χ4n) is 3.24. The molecule has 1 aromatic heterocycles. The van der Waals surface area contributed by atoms with Crippen LogP contribution in [0.5, 0.6) is 0 Å². The molecule has 126 valence electrons. The highest BCUT2D eigenvalue weighted by atomic mass is 79.9. The van der Waals surface area contributed by atoms with Crippen LogP contribution < -0.4 is 0 Å². The summed E-state index contributed by atoms with van der Waals surface area (Å²) < 4.78 is 2.87. The maximum atomic E-state index is 8.54. The van der Waals surface area contributed by atoms with Gasteiger partial charge in [-0.15, -0.1) is 4.99 Å². The van der Waals surface area contributed by atoms with Crippen LogP contribution in [0.15, 0.2) is 39.9 Å². The van der Waals surface area contributed by atoms with E-state index in [-0.39, 0.29) is 17.1 Å². The normalized spacial score (nSPS) is 16.7. The zero-order chi connectivity index (χ0) is 17.3. The van der Waals surface area contributed by atoms with Gasteiger partial charge in [-0.25, -0.2) is 0 Å². The van der Waals surface area contributed by atoms with Crippen molar-refractivity contribution in [1.29, 1.82) is 5.41 Å². The van der Waals surface area contributed by atoms with E-state index in [0.29, 0.717) is 5.56 Å².